The molecule has 2 heterocycles. The van der Waals surface area contributed by atoms with E-state index in [1.54, 1.807) is 54.6 Å². The Bertz CT molecular complexity index is 1220. The molecule has 4 rings (SSSR count). The highest BCUT2D eigenvalue weighted by molar-refractivity contribution is 6.04. The van der Waals surface area contributed by atoms with Gasteiger partial charge in [0.1, 0.15) is 0 Å². The Labute approximate surface area is 223 Å². The van der Waals surface area contributed by atoms with Crippen LogP contribution in [0.1, 0.15) is 35.5 Å². The predicted molar refractivity (Wildman–Crippen MR) is 139 cm³/mol. The van der Waals surface area contributed by atoms with Gasteiger partial charge in [0, 0.05) is 43.0 Å². The molecule has 12 heteroatoms. The van der Waals surface area contributed by atoms with E-state index in [0.717, 1.165) is 44.8 Å². The molecule has 8 nitrogen and oxygen atoms in total. The number of oxazole rings is 1. The molecule has 1 amide bonds. The second-order valence-electron chi connectivity index (χ2n) is 8.74. The maximum atomic E-state index is 13.6. The summed E-state index contributed by atoms with van der Waals surface area (Å²) in [5, 5.41) is 11.3. The van der Waals surface area contributed by atoms with E-state index >= 15 is 0 Å². The van der Waals surface area contributed by atoms with Crippen molar-refractivity contribution < 1.29 is 32.3 Å². The molecule has 1 aliphatic heterocycles. The first-order valence-corrected chi connectivity index (χ1v) is 11.9. The maximum Gasteiger partial charge on any atom is 0.452 e. The number of nitrogens with zero attached hydrogens (tertiary/aromatic N) is 3. The Balaban J connectivity index is 0.00000400. The van der Waals surface area contributed by atoms with Crippen LogP contribution in [0.25, 0.3) is 11.5 Å². The minimum absolute atomic E-state index is 0. The molecular formula is C26H28ClF3N4O4. The quantitative estimate of drug-likeness (QED) is 0.385. The number of aromatic nitrogens is 1. The van der Waals surface area contributed by atoms with Crippen molar-refractivity contribution in [3.8, 4) is 11.5 Å². The molecule has 0 saturated carbocycles. The number of hydrogen-bond acceptors (Lipinski definition) is 6. The number of benzene rings is 2. The van der Waals surface area contributed by atoms with Gasteiger partial charge in [-0.05, 0) is 62.3 Å². The van der Waals surface area contributed by atoms with Gasteiger partial charge in [0.05, 0.1) is 0 Å². The van der Waals surface area contributed by atoms with Crippen LogP contribution in [-0.2, 0) is 11.0 Å². The second-order valence-corrected chi connectivity index (χ2v) is 8.74. The van der Waals surface area contributed by atoms with Crippen LogP contribution >= 0.6 is 12.4 Å². The van der Waals surface area contributed by atoms with Crippen LogP contribution in [0, 0.1) is 0 Å². The van der Waals surface area contributed by atoms with Crippen LogP contribution < -0.4 is 10.2 Å². The minimum Gasteiger partial charge on any atom is -0.481 e. The second kappa shape index (κ2) is 12.8. The molecule has 1 saturated heterocycles. The summed E-state index contributed by atoms with van der Waals surface area (Å²) in [6.07, 6.45) is -3.20. The molecule has 2 N–H and O–H groups in total. The number of hydrogen-bond donors (Lipinski definition) is 2. The van der Waals surface area contributed by atoms with E-state index in [0.29, 0.717) is 17.7 Å². The lowest BCUT2D eigenvalue weighted by atomic mass is 10.2. The zero-order valence-corrected chi connectivity index (χ0v) is 21.2. The van der Waals surface area contributed by atoms with Crippen molar-refractivity contribution in [3.05, 3.63) is 66.1 Å². The van der Waals surface area contributed by atoms with Crippen molar-refractivity contribution in [2.45, 2.75) is 25.4 Å². The first kappa shape index (κ1) is 29.0. The molecular weight excluding hydrogens is 525 g/mol. The van der Waals surface area contributed by atoms with Crippen LogP contribution in [-0.4, -0.2) is 59.6 Å². The number of rotatable bonds is 8. The lowest BCUT2D eigenvalue weighted by Crippen LogP contribution is -2.31. The molecule has 0 aliphatic carbocycles. The summed E-state index contributed by atoms with van der Waals surface area (Å²) in [5.41, 5.74) is 0.755. The van der Waals surface area contributed by atoms with Gasteiger partial charge in [0.15, 0.2) is 5.69 Å². The number of nitrogens with one attached hydrogen (secondary N) is 1. The van der Waals surface area contributed by atoms with E-state index in [9.17, 15) is 22.8 Å². The van der Waals surface area contributed by atoms with Crippen molar-refractivity contribution >= 4 is 35.7 Å². The topological polar surface area (TPSA) is 98.9 Å². The van der Waals surface area contributed by atoms with Gasteiger partial charge in [-0.25, -0.2) is 4.98 Å². The fourth-order valence-electron chi connectivity index (χ4n) is 4.22. The third kappa shape index (κ3) is 7.48. The molecule has 1 fully saturated rings. The zero-order chi connectivity index (χ0) is 26.4. The number of alkyl halides is 3. The summed E-state index contributed by atoms with van der Waals surface area (Å²) in [6.45, 7) is 3.99. The Hall–Kier alpha value is -3.57. The highest BCUT2D eigenvalue weighted by atomic mass is 35.5. The van der Waals surface area contributed by atoms with Gasteiger partial charge in [0.2, 0.25) is 11.7 Å². The van der Waals surface area contributed by atoms with E-state index in [2.05, 4.69) is 20.1 Å². The molecule has 1 aliphatic rings. The fourth-order valence-corrected chi connectivity index (χ4v) is 4.22. The average Bonchev–Trinajstić information content (AvgIpc) is 3.21. The number of amides is 1. The summed E-state index contributed by atoms with van der Waals surface area (Å²) in [4.78, 5) is 31.7. The standard InChI is InChI=1S/C26H27F3N4O4.ClH/c27-26(28,29)23-22(31-25(37-23)18-6-2-1-3-7-18)24(36)30-19-9-11-20(12-10-19)33-15-5-14-32(16-17-33)13-4-8-21(34)35;/h1-3,6-7,9-12H,4-5,8,13-17H2,(H,30,36)(H,34,35);1H. The number of anilines is 2. The third-order valence-corrected chi connectivity index (χ3v) is 6.06. The van der Waals surface area contributed by atoms with E-state index in [4.69, 9.17) is 9.52 Å². The summed E-state index contributed by atoms with van der Waals surface area (Å²) >= 11 is 0. The number of carbonyl (C=O) groups is 2. The van der Waals surface area contributed by atoms with Gasteiger partial charge in [-0.1, -0.05) is 18.2 Å². The van der Waals surface area contributed by atoms with Gasteiger partial charge >= 0.3 is 12.1 Å². The number of carbonyl (C=O) groups excluding carboxylic acids is 1. The average molecular weight is 553 g/mol. The molecule has 3 aromatic rings. The lowest BCUT2D eigenvalue weighted by molar-refractivity contribution is -0.153. The van der Waals surface area contributed by atoms with Gasteiger partial charge in [0.25, 0.3) is 5.91 Å². The van der Waals surface area contributed by atoms with E-state index in [1.807, 2.05) is 0 Å². The minimum atomic E-state index is -4.88. The van der Waals surface area contributed by atoms with E-state index < -0.39 is 29.5 Å². The molecule has 204 valence electrons. The van der Waals surface area contributed by atoms with Gasteiger partial charge in [-0.3, -0.25) is 9.59 Å². The van der Waals surface area contributed by atoms with Crippen LogP contribution in [0.2, 0.25) is 0 Å². The van der Waals surface area contributed by atoms with Crippen LogP contribution in [0.3, 0.4) is 0 Å². The lowest BCUT2D eigenvalue weighted by Gasteiger charge is -2.24. The zero-order valence-electron chi connectivity index (χ0n) is 20.4. The third-order valence-electron chi connectivity index (χ3n) is 6.06. The summed E-state index contributed by atoms with van der Waals surface area (Å²) in [5.74, 6) is -3.54. The summed E-state index contributed by atoms with van der Waals surface area (Å²) in [6, 6.07) is 14.9. The number of halogens is 4. The monoisotopic (exact) mass is 552 g/mol. The Kier molecular flexibility index (Phi) is 9.76. The largest absolute Gasteiger partial charge is 0.481 e. The molecule has 38 heavy (non-hydrogen) atoms. The van der Waals surface area contributed by atoms with Crippen LogP contribution in [0.4, 0.5) is 24.5 Å². The normalized spacial score (nSPS) is 14.4. The molecule has 0 unspecified atom stereocenters. The molecule has 0 spiro atoms. The molecule has 2 aromatic carbocycles. The van der Waals surface area contributed by atoms with Crippen molar-refractivity contribution in [2.24, 2.45) is 0 Å². The van der Waals surface area contributed by atoms with E-state index in [1.165, 1.54) is 0 Å². The van der Waals surface area contributed by atoms with Crippen molar-refractivity contribution in [1.82, 2.24) is 9.88 Å². The van der Waals surface area contributed by atoms with E-state index in [-0.39, 0.29) is 24.7 Å². The number of aliphatic carboxylic acids is 1. The Morgan fingerprint density at radius 2 is 1.71 bits per heavy atom. The highest BCUT2D eigenvalue weighted by Crippen LogP contribution is 2.35. The predicted octanol–water partition coefficient (Wildman–Crippen LogP) is 5.41. The smallest absolute Gasteiger partial charge is 0.452 e. The Morgan fingerprint density at radius 1 is 1.00 bits per heavy atom. The molecule has 0 radical (unpaired) electrons. The molecule has 0 atom stereocenters. The maximum absolute atomic E-state index is 13.6. The summed E-state index contributed by atoms with van der Waals surface area (Å²) in [7, 11) is 0. The SMILES string of the molecule is Cl.O=C(O)CCCN1CCCN(c2ccc(NC(=O)c3nc(-c4ccccc4)oc3C(F)(F)F)cc2)CC1. The molecule has 0 bridgehead atoms. The first-order chi connectivity index (χ1) is 17.7. The van der Waals surface area contributed by atoms with Crippen molar-refractivity contribution in [2.75, 3.05) is 42.9 Å². The van der Waals surface area contributed by atoms with Crippen molar-refractivity contribution in [1.29, 1.82) is 0 Å². The van der Waals surface area contributed by atoms with Gasteiger partial charge in [-0.2, -0.15) is 13.2 Å². The van der Waals surface area contributed by atoms with Crippen LogP contribution in [0.15, 0.2) is 59.0 Å². The molecule has 1 aromatic heterocycles. The number of carboxylic acid groups (broad SMARTS) is 1. The van der Waals surface area contributed by atoms with Gasteiger partial charge in [-0.15, -0.1) is 12.4 Å². The van der Waals surface area contributed by atoms with Crippen LogP contribution in [0.5, 0.6) is 0 Å². The van der Waals surface area contributed by atoms with Crippen molar-refractivity contribution in [3.63, 3.8) is 0 Å². The Morgan fingerprint density at radius 3 is 2.37 bits per heavy atom. The fraction of sp³-hybridized carbons (Fsp3) is 0.346. The van der Waals surface area contributed by atoms with Gasteiger partial charge < -0.3 is 24.6 Å². The highest BCUT2D eigenvalue weighted by Gasteiger charge is 2.42. The first-order valence-electron chi connectivity index (χ1n) is 11.9. The number of carboxylic acids is 1. The summed E-state index contributed by atoms with van der Waals surface area (Å²) < 4.78 is 45.6.